The van der Waals surface area contributed by atoms with Crippen molar-refractivity contribution in [1.29, 1.82) is 0 Å². The normalized spacial score (nSPS) is 11.9. The minimum Gasteiger partial charge on any atom is -0.463 e. The molecule has 0 radical (unpaired) electrons. The summed E-state index contributed by atoms with van der Waals surface area (Å²) in [6, 6.07) is 8.79. The second-order valence-corrected chi connectivity index (χ2v) is 7.22. The van der Waals surface area contributed by atoms with E-state index in [0.717, 1.165) is 0 Å². The van der Waals surface area contributed by atoms with Crippen LogP contribution in [0.5, 0.6) is 5.75 Å². The van der Waals surface area contributed by atoms with E-state index in [9.17, 15) is 18.3 Å². The van der Waals surface area contributed by atoms with Gasteiger partial charge in [0.25, 0.3) is 0 Å². The van der Waals surface area contributed by atoms with Crippen LogP contribution in [0.25, 0.3) is 22.1 Å². The lowest BCUT2D eigenvalue weighted by molar-refractivity contribution is 0.282. The standard InChI is InChI=1S/C18H17N3O7S/c1-21(2)20-19-15-8-12(4-6-16(15)28-29(24,25)26)14-10-27-17-7-11(9-22)3-5-13(17)18(14)23/h3-8,10,22H,9H2,1-2H3,(H,24,25,26). The molecule has 0 unspecified atom stereocenters. The van der Waals surface area contributed by atoms with Gasteiger partial charge in [-0.2, -0.15) is 8.42 Å². The van der Waals surface area contributed by atoms with Crippen LogP contribution >= 0.6 is 0 Å². The van der Waals surface area contributed by atoms with Crippen molar-refractivity contribution in [3.63, 3.8) is 0 Å². The van der Waals surface area contributed by atoms with Gasteiger partial charge in [0.2, 0.25) is 0 Å². The maximum Gasteiger partial charge on any atom is 0.446 e. The first-order valence-corrected chi connectivity index (χ1v) is 9.60. The molecule has 1 aromatic heterocycles. The summed E-state index contributed by atoms with van der Waals surface area (Å²) in [5.74, 6) is -0.264. The molecular weight excluding hydrogens is 402 g/mol. The van der Waals surface area contributed by atoms with Gasteiger partial charge in [-0.1, -0.05) is 17.4 Å². The van der Waals surface area contributed by atoms with Gasteiger partial charge in [-0.15, -0.1) is 5.11 Å². The number of aliphatic hydroxyl groups excluding tert-OH is 1. The lowest BCUT2D eigenvalue weighted by Crippen LogP contribution is -2.08. The molecular formula is C18H17N3O7S. The number of nitrogens with zero attached hydrogens (tertiary/aromatic N) is 3. The van der Waals surface area contributed by atoms with Crippen LogP contribution in [0.15, 0.2) is 62.2 Å². The van der Waals surface area contributed by atoms with Crippen LogP contribution in [0.2, 0.25) is 0 Å². The fourth-order valence-electron chi connectivity index (χ4n) is 2.55. The molecule has 0 amide bonds. The summed E-state index contributed by atoms with van der Waals surface area (Å²) < 4.78 is 41.1. The first-order chi connectivity index (χ1) is 13.7. The summed E-state index contributed by atoms with van der Waals surface area (Å²) in [5.41, 5.74) is 1.16. The minimum absolute atomic E-state index is 0.0241. The van der Waals surface area contributed by atoms with Gasteiger partial charge in [0.15, 0.2) is 11.2 Å². The molecule has 152 valence electrons. The largest absolute Gasteiger partial charge is 0.463 e. The van der Waals surface area contributed by atoms with Crippen LogP contribution in [-0.4, -0.2) is 37.2 Å². The molecule has 0 aliphatic carbocycles. The summed E-state index contributed by atoms with van der Waals surface area (Å²) in [7, 11) is -1.56. The van der Waals surface area contributed by atoms with Crippen LogP contribution in [0.4, 0.5) is 5.69 Å². The molecule has 1 heterocycles. The number of benzene rings is 2. The van der Waals surface area contributed by atoms with Gasteiger partial charge in [-0.25, -0.2) is 0 Å². The zero-order valence-electron chi connectivity index (χ0n) is 15.4. The van der Waals surface area contributed by atoms with Crippen molar-refractivity contribution in [2.75, 3.05) is 14.1 Å². The number of hydrogen-bond acceptors (Lipinski definition) is 8. The Morgan fingerprint density at radius 3 is 2.59 bits per heavy atom. The van der Waals surface area contributed by atoms with Crippen LogP contribution in [0, 0.1) is 0 Å². The van der Waals surface area contributed by atoms with Crippen LogP contribution in [-0.2, 0) is 17.0 Å². The third-order valence-corrected chi connectivity index (χ3v) is 4.21. The van der Waals surface area contributed by atoms with Crippen molar-refractivity contribution in [3.8, 4) is 16.9 Å². The van der Waals surface area contributed by atoms with E-state index >= 15 is 0 Å². The summed E-state index contributed by atoms with van der Waals surface area (Å²) >= 11 is 0. The summed E-state index contributed by atoms with van der Waals surface area (Å²) in [5, 5.41) is 18.6. The Morgan fingerprint density at radius 2 is 1.93 bits per heavy atom. The fraction of sp³-hybridized carbons (Fsp3) is 0.167. The Kier molecular flexibility index (Phi) is 5.64. The molecule has 11 heteroatoms. The predicted molar refractivity (Wildman–Crippen MR) is 104 cm³/mol. The first-order valence-electron chi connectivity index (χ1n) is 8.23. The molecule has 3 aromatic rings. The fourth-order valence-corrected chi connectivity index (χ4v) is 2.92. The Balaban J connectivity index is 2.14. The van der Waals surface area contributed by atoms with Crippen LogP contribution in [0.1, 0.15) is 5.56 Å². The average molecular weight is 419 g/mol. The zero-order chi connectivity index (χ0) is 21.2. The Morgan fingerprint density at radius 1 is 1.17 bits per heavy atom. The molecule has 0 saturated carbocycles. The maximum atomic E-state index is 12.9. The van der Waals surface area contributed by atoms with E-state index < -0.39 is 10.4 Å². The number of fused-ring (bicyclic) bond motifs is 1. The highest BCUT2D eigenvalue weighted by molar-refractivity contribution is 7.81. The van der Waals surface area contributed by atoms with Crippen molar-refractivity contribution < 1.29 is 26.7 Å². The lowest BCUT2D eigenvalue weighted by Gasteiger charge is -2.09. The third kappa shape index (κ3) is 4.77. The summed E-state index contributed by atoms with van der Waals surface area (Å²) in [6.45, 7) is -0.184. The van der Waals surface area contributed by atoms with E-state index in [0.29, 0.717) is 22.1 Å². The second kappa shape index (κ2) is 7.99. The lowest BCUT2D eigenvalue weighted by atomic mass is 10.0. The highest BCUT2D eigenvalue weighted by Crippen LogP contribution is 2.33. The maximum absolute atomic E-state index is 12.9. The molecule has 2 aromatic carbocycles. The second-order valence-electron chi connectivity index (χ2n) is 6.20. The molecule has 0 aliphatic rings. The molecule has 2 N–H and O–H groups in total. The van der Waals surface area contributed by atoms with E-state index in [1.165, 1.54) is 29.5 Å². The molecule has 10 nitrogen and oxygen atoms in total. The van der Waals surface area contributed by atoms with Gasteiger partial charge >= 0.3 is 10.4 Å². The minimum atomic E-state index is -4.78. The Labute approximate surface area is 165 Å². The van der Waals surface area contributed by atoms with Crippen molar-refractivity contribution in [3.05, 3.63) is 58.4 Å². The average Bonchev–Trinajstić information content (AvgIpc) is 2.66. The molecule has 29 heavy (non-hydrogen) atoms. The van der Waals surface area contributed by atoms with Crippen LogP contribution in [0.3, 0.4) is 0 Å². The summed E-state index contributed by atoms with van der Waals surface area (Å²) in [6.07, 6.45) is 1.26. The number of aliphatic hydroxyl groups is 1. The third-order valence-electron chi connectivity index (χ3n) is 3.82. The van der Waals surface area contributed by atoms with Crippen molar-refractivity contribution in [2.45, 2.75) is 6.61 Å². The Bertz CT molecular complexity index is 1250. The van der Waals surface area contributed by atoms with Gasteiger partial charge in [-0.3, -0.25) is 14.4 Å². The van der Waals surface area contributed by atoms with Crippen molar-refractivity contribution in [1.82, 2.24) is 5.01 Å². The monoisotopic (exact) mass is 419 g/mol. The topological polar surface area (TPSA) is 142 Å². The van der Waals surface area contributed by atoms with Crippen molar-refractivity contribution in [2.24, 2.45) is 10.3 Å². The van der Waals surface area contributed by atoms with Crippen LogP contribution < -0.4 is 9.61 Å². The summed E-state index contributed by atoms with van der Waals surface area (Å²) in [4.78, 5) is 12.9. The van der Waals surface area contributed by atoms with Crippen molar-refractivity contribution >= 4 is 27.1 Å². The van der Waals surface area contributed by atoms with E-state index in [2.05, 4.69) is 14.5 Å². The van der Waals surface area contributed by atoms with E-state index in [1.54, 1.807) is 32.3 Å². The predicted octanol–water partition coefficient (Wildman–Crippen LogP) is 2.69. The highest BCUT2D eigenvalue weighted by Gasteiger charge is 2.16. The SMILES string of the molecule is CN(C)N=Nc1cc(-c2coc3cc(CO)ccc3c2=O)ccc1OS(=O)(=O)O. The van der Waals surface area contributed by atoms with Gasteiger partial charge in [-0.05, 0) is 35.4 Å². The molecule has 0 aliphatic heterocycles. The molecule has 0 spiro atoms. The molecule has 3 rings (SSSR count). The molecule has 0 fully saturated rings. The highest BCUT2D eigenvalue weighted by atomic mass is 32.3. The molecule has 0 saturated heterocycles. The van der Waals surface area contributed by atoms with Gasteiger partial charge in [0.1, 0.15) is 17.5 Å². The zero-order valence-corrected chi connectivity index (χ0v) is 16.3. The van der Waals surface area contributed by atoms with E-state index in [4.69, 9.17) is 8.97 Å². The Hall–Kier alpha value is -3.28. The smallest absolute Gasteiger partial charge is 0.446 e. The van der Waals surface area contributed by atoms with Gasteiger partial charge in [0, 0.05) is 14.1 Å². The molecule has 0 bridgehead atoms. The first kappa shape index (κ1) is 20.5. The van der Waals surface area contributed by atoms with E-state index in [1.807, 2.05) is 0 Å². The van der Waals surface area contributed by atoms with Gasteiger partial charge < -0.3 is 13.7 Å². The van der Waals surface area contributed by atoms with E-state index in [-0.39, 0.29) is 29.0 Å². The quantitative estimate of drug-likeness (QED) is 0.353. The van der Waals surface area contributed by atoms with Gasteiger partial charge in [0.05, 0.1) is 17.6 Å². The molecule has 0 atom stereocenters. The number of rotatable bonds is 6. The number of hydrogen-bond donors (Lipinski definition) is 2.